The summed E-state index contributed by atoms with van der Waals surface area (Å²) in [6, 6.07) is 6.95. The van der Waals surface area contributed by atoms with Gasteiger partial charge in [0.2, 0.25) is 5.91 Å². The van der Waals surface area contributed by atoms with Crippen molar-refractivity contribution < 1.29 is 14.7 Å². The van der Waals surface area contributed by atoms with E-state index in [0.29, 0.717) is 18.2 Å². The van der Waals surface area contributed by atoms with E-state index in [4.69, 9.17) is 5.11 Å². The van der Waals surface area contributed by atoms with Crippen molar-refractivity contribution >= 4 is 11.9 Å². The second-order valence-corrected chi connectivity index (χ2v) is 4.71. The molecular formula is C15H17NO3. The summed E-state index contributed by atoms with van der Waals surface area (Å²) in [6.45, 7) is 4.18. The maximum Gasteiger partial charge on any atom is 0.335 e. The minimum atomic E-state index is -0.995. The van der Waals surface area contributed by atoms with Gasteiger partial charge in [0, 0.05) is 12.6 Å². The molecule has 1 amide bonds. The Kier molecular flexibility index (Phi) is 4.00. The molecule has 1 aromatic carbocycles. The van der Waals surface area contributed by atoms with Crippen molar-refractivity contribution in [3.63, 3.8) is 0 Å². The Bertz CT molecular complexity index is 506. The molecule has 1 aliphatic carbocycles. The molecule has 0 unspecified atom stereocenters. The molecule has 1 aliphatic rings. The number of hydrogen-bond donors (Lipinski definition) is 1. The van der Waals surface area contributed by atoms with E-state index in [1.165, 1.54) is 6.07 Å². The highest BCUT2D eigenvalue weighted by Crippen LogP contribution is 2.27. The van der Waals surface area contributed by atoms with E-state index < -0.39 is 5.97 Å². The monoisotopic (exact) mass is 259 g/mol. The average Bonchev–Trinajstić information content (AvgIpc) is 3.20. The predicted molar refractivity (Wildman–Crippen MR) is 72.0 cm³/mol. The maximum atomic E-state index is 12.2. The lowest BCUT2D eigenvalue weighted by Gasteiger charge is -2.21. The van der Waals surface area contributed by atoms with Gasteiger partial charge in [0.05, 0.1) is 12.0 Å². The van der Waals surface area contributed by atoms with Gasteiger partial charge in [-0.1, -0.05) is 24.3 Å². The summed E-state index contributed by atoms with van der Waals surface area (Å²) < 4.78 is 0. The highest BCUT2D eigenvalue weighted by atomic mass is 16.4. The SMILES string of the molecule is C=CCN(C(=O)Cc1ccccc1C(=O)O)C1CC1. The molecule has 0 atom stereocenters. The van der Waals surface area contributed by atoms with Gasteiger partial charge in [0.15, 0.2) is 0 Å². The Morgan fingerprint density at radius 1 is 1.37 bits per heavy atom. The summed E-state index contributed by atoms with van der Waals surface area (Å²) in [7, 11) is 0. The highest BCUT2D eigenvalue weighted by Gasteiger charge is 2.31. The molecule has 4 heteroatoms. The van der Waals surface area contributed by atoms with E-state index in [0.717, 1.165) is 12.8 Å². The van der Waals surface area contributed by atoms with Gasteiger partial charge >= 0.3 is 5.97 Å². The van der Waals surface area contributed by atoms with Gasteiger partial charge in [0.25, 0.3) is 0 Å². The van der Waals surface area contributed by atoms with Crippen LogP contribution in [0.5, 0.6) is 0 Å². The van der Waals surface area contributed by atoms with Crippen LogP contribution in [0.4, 0.5) is 0 Å². The normalized spacial score (nSPS) is 13.9. The fourth-order valence-electron chi connectivity index (χ4n) is 2.13. The first kappa shape index (κ1) is 13.3. The second-order valence-electron chi connectivity index (χ2n) is 4.71. The standard InChI is InChI=1S/C15H17NO3/c1-2-9-16(12-7-8-12)14(17)10-11-5-3-4-6-13(11)15(18)19/h2-6,12H,1,7-10H2,(H,18,19). The van der Waals surface area contributed by atoms with Gasteiger partial charge in [-0.3, -0.25) is 4.79 Å². The molecule has 0 bridgehead atoms. The van der Waals surface area contributed by atoms with E-state index in [2.05, 4.69) is 6.58 Å². The number of amides is 1. The van der Waals surface area contributed by atoms with E-state index in [-0.39, 0.29) is 17.9 Å². The maximum absolute atomic E-state index is 12.2. The molecule has 100 valence electrons. The molecule has 0 aromatic heterocycles. The smallest absolute Gasteiger partial charge is 0.335 e. The largest absolute Gasteiger partial charge is 0.478 e. The summed E-state index contributed by atoms with van der Waals surface area (Å²) in [5, 5.41) is 9.10. The van der Waals surface area contributed by atoms with Crippen molar-refractivity contribution in [2.75, 3.05) is 6.54 Å². The summed E-state index contributed by atoms with van der Waals surface area (Å²) in [6.07, 6.45) is 3.90. The van der Waals surface area contributed by atoms with Crippen LogP contribution in [-0.2, 0) is 11.2 Å². The molecule has 0 radical (unpaired) electrons. The Hall–Kier alpha value is -2.10. The molecular weight excluding hydrogens is 242 g/mol. The third-order valence-corrected chi connectivity index (χ3v) is 3.22. The summed E-state index contributed by atoms with van der Waals surface area (Å²) in [4.78, 5) is 25.1. The summed E-state index contributed by atoms with van der Waals surface area (Å²) >= 11 is 0. The number of carbonyl (C=O) groups is 2. The van der Waals surface area contributed by atoms with Gasteiger partial charge in [-0.15, -0.1) is 6.58 Å². The van der Waals surface area contributed by atoms with Crippen LogP contribution >= 0.6 is 0 Å². The fraction of sp³-hybridized carbons (Fsp3) is 0.333. The van der Waals surface area contributed by atoms with Crippen LogP contribution in [0.2, 0.25) is 0 Å². The third kappa shape index (κ3) is 3.22. The zero-order chi connectivity index (χ0) is 13.8. The van der Waals surface area contributed by atoms with E-state index >= 15 is 0 Å². The first-order chi connectivity index (χ1) is 9.13. The van der Waals surface area contributed by atoms with Crippen molar-refractivity contribution in [1.29, 1.82) is 0 Å². The Labute approximate surface area is 112 Å². The number of benzene rings is 1. The summed E-state index contributed by atoms with van der Waals surface area (Å²) in [5.74, 6) is -1.03. The number of carbonyl (C=O) groups excluding carboxylic acids is 1. The van der Waals surface area contributed by atoms with Gasteiger partial charge in [-0.05, 0) is 24.5 Å². The minimum Gasteiger partial charge on any atom is -0.478 e. The number of carboxylic acids is 1. The van der Waals surface area contributed by atoms with Crippen molar-refractivity contribution in [3.8, 4) is 0 Å². The van der Waals surface area contributed by atoms with Crippen LogP contribution in [0.1, 0.15) is 28.8 Å². The first-order valence-electron chi connectivity index (χ1n) is 6.35. The van der Waals surface area contributed by atoms with Crippen molar-refractivity contribution in [2.45, 2.75) is 25.3 Å². The molecule has 4 nitrogen and oxygen atoms in total. The van der Waals surface area contributed by atoms with Crippen LogP contribution in [0.15, 0.2) is 36.9 Å². The van der Waals surface area contributed by atoms with Gasteiger partial charge in [-0.2, -0.15) is 0 Å². The minimum absolute atomic E-state index is 0.0314. The molecule has 2 rings (SSSR count). The zero-order valence-electron chi connectivity index (χ0n) is 10.7. The third-order valence-electron chi connectivity index (χ3n) is 3.22. The fourth-order valence-corrected chi connectivity index (χ4v) is 2.13. The second kappa shape index (κ2) is 5.69. The lowest BCUT2D eigenvalue weighted by Crippen LogP contribution is -2.34. The number of rotatable bonds is 6. The predicted octanol–water partition coefficient (Wildman–Crippen LogP) is 2.10. The Morgan fingerprint density at radius 2 is 2.05 bits per heavy atom. The number of hydrogen-bond acceptors (Lipinski definition) is 2. The van der Waals surface area contributed by atoms with E-state index in [1.54, 1.807) is 29.2 Å². The molecule has 0 spiro atoms. The van der Waals surface area contributed by atoms with E-state index in [1.807, 2.05) is 0 Å². The molecule has 1 fully saturated rings. The number of aromatic carboxylic acids is 1. The lowest BCUT2D eigenvalue weighted by atomic mass is 10.0. The Morgan fingerprint density at radius 3 is 2.63 bits per heavy atom. The van der Waals surface area contributed by atoms with Gasteiger partial charge < -0.3 is 10.0 Å². The Balaban J connectivity index is 2.13. The number of nitrogens with zero attached hydrogens (tertiary/aromatic N) is 1. The molecule has 1 aromatic rings. The van der Waals surface area contributed by atoms with E-state index in [9.17, 15) is 9.59 Å². The lowest BCUT2D eigenvalue weighted by molar-refractivity contribution is -0.130. The first-order valence-corrected chi connectivity index (χ1v) is 6.35. The highest BCUT2D eigenvalue weighted by molar-refractivity contribution is 5.91. The van der Waals surface area contributed by atoms with Crippen LogP contribution in [0.3, 0.4) is 0 Å². The molecule has 0 heterocycles. The molecule has 0 aliphatic heterocycles. The molecule has 1 N–H and O–H groups in total. The van der Waals surface area contributed by atoms with Crippen LogP contribution in [0, 0.1) is 0 Å². The molecule has 19 heavy (non-hydrogen) atoms. The average molecular weight is 259 g/mol. The summed E-state index contributed by atoms with van der Waals surface area (Å²) in [5.41, 5.74) is 0.764. The van der Waals surface area contributed by atoms with Crippen LogP contribution in [0.25, 0.3) is 0 Å². The van der Waals surface area contributed by atoms with Gasteiger partial charge in [-0.25, -0.2) is 4.79 Å². The van der Waals surface area contributed by atoms with Crippen molar-refractivity contribution in [1.82, 2.24) is 4.90 Å². The quantitative estimate of drug-likeness (QED) is 0.796. The van der Waals surface area contributed by atoms with Crippen LogP contribution < -0.4 is 0 Å². The van der Waals surface area contributed by atoms with Crippen LogP contribution in [-0.4, -0.2) is 34.5 Å². The number of carboxylic acid groups (broad SMARTS) is 1. The van der Waals surface area contributed by atoms with Crippen molar-refractivity contribution in [2.24, 2.45) is 0 Å². The van der Waals surface area contributed by atoms with Crippen molar-refractivity contribution in [3.05, 3.63) is 48.0 Å². The zero-order valence-corrected chi connectivity index (χ0v) is 10.7. The topological polar surface area (TPSA) is 57.6 Å². The molecule has 1 saturated carbocycles. The molecule has 0 saturated heterocycles. The van der Waals surface area contributed by atoms with Gasteiger partial charge in [0.1, 0.15) is 0 Å².